The van der Waals surface area contributed by atoms with Crippen molar-refractivity contribution in [2.45, 2.75) is 26.3 Å². The van der Waals surface area contributed by atoms with Gasteiger partial charge in [-0.2, -0.15) is 0 Å². The first-order chi connectivity index (χ1) is 9.69. The van der Waals surface area contributed by atoms with Crippen molar-refractivity contribution < 1.29 is 0 Å². The van der Waals surface area contributed by atoms with Crippen LogP contribution in [0.4, 0.5) is 5.82 Å². The predicted octanol–water partition coefficient (Wildman–Crippen LogP) is 2.29. The van der Waals surface area contributed by atoms with Gasteiger partial charge in [0.1, 0.15) is 5.82 Å². The first-order valence-electron chi connectivity index (χ1n) is 7.74. The van der Waals surface area contributed by atoms with Gasteiger partial charge in [0.15, 0.2) is 0 Å². The summed E-state index contributed by atoms with van der Waals surface area (Å²) in [5.74, 6) is 1.88. The van der Waals surface area contributed by atoms with Crippen LogP contribution in [-0.2, 0) is 6.54 Å². The Morgan fingerprint density at radius 2 is 2.15 bits per heavy atom. The molecule has 4 nitrogen and oxygen atoms in total. The molecule has 0 saturated carbocycles. The summed E-state index contributed by atoms with van der Waals surface area (Å²) in [6.45, 7) is 7.68. The van der Waals surface area contributed by atoms with Crippen molar-refractivity contribution in [1.82, 2.24) is 14.8 Å². The molecule has 1 saturated heterocycles. The van der Waals surface area contributed by atoms with Gasteiger partial charge in [0.05, 0.1) is 0 Å². The van der Waals surface area contributed by atoms with Crippen LogP contribution in [0.2, 0.25) is 0 Å². The lowest BCUT2D eigenvalue weighted by atomic mass is 9.96. The number of pyridine rings is 1. The Balaban J connectivity index is 1.86. The number of piperidine rings is 1. The van der Waals surface area contributed by atoms with Crippen LogP contribution in [0, 0.1) is 5.92 Å². The normalized spacial score (nSPS) is 17.6. The number of anilines is 1. The van der Waals surface area contributed by atoms with Gasteiger partial charge in [-0.25, -0.2) is 4.98 Å². The van der Waals surface area contributed by atoms with E-state index in [1.165, 1.54) is 38.0 Å². The summed E-state index contributed by atoms with van der Waals surface area (Å²) in [7, 11) is 4.44. The van der Waals surface area contributed by atoms with E-state index in [4.69, 9.17) is 0 Å². The minimum absolute atomic E-state index is 0.843. The Hall–Kier alpha value is -1.13. The Bertz CT molecular complexity index is 399. The van der Waals surface area contributed by atoms with Crippen molar-refractivity contribution in [3.05, 3.63) is 23.9 Å². The lowest BCUT2D eigenvalue weighted by Crippen LogP contribution is -2.35. The SMILES string of the molecule is CCNc1ncccc1CN(C)CC1CCN(C)CC1. The molecule has 0 unspecified atom stereocenters. The summed E-state index contributed by atoms with van der Waals surface area (Å²) in [4.78, 5) is 9.30. The maximum absolute atomic E-state index is 4.43. The van der Waals surface area contributed by atoms with E-state index >= 15 is 0 Å². The number of likely N-dealkylation sites (tertiary alicyclic amines) is 1. The van der Waals surface area contributed by atoms with Gasteiger partial charge in [0.2, 0.25) is 0 Å². The highest BCUT2D eigenvalue weighted by atomic mass is 15.1. The monoisotopic (exact) mass is 276 g/mol. The molecule has 0 aliphatic carbocycles. The minimum Gasteiger partial charge on any atom is -0.370 e. The van der Waals surface area contributed by atoms with Gasteiger partial charge in [0, 0.05) is 31.4 Å². The first-order valence-corrected chi connectivity index (χ1v) is 7.74. The van der Waals surface area contributed by atoms with Gasteiger partial charge >= 0.3 is 0 Å². The van der Waals surface area contributed by atoms with Gasteiger partial charge < -0.3 is 15.1 Å². The quantitative estimate of drug-likeness (QED) is 0.864. The van der Waals surface area contributed by atoms with Crippen molar-refractivity contribution in [3.8, 4) is 0 Å². The molecule has 0 atom stereocenters. The number of hydrogen-bond acceptors (Lipinski definition) is 4. The maximum Gasteiger partial charge on any atom is 0.130 e. The summed E-state index contributed by atoms with van der Waals surface area (Å²) in [6, 6.07) is 4.20. The van der Waals surface area contributed by atoms with Crippen LogP contribution in [0.1, 0.15) is 25.3 Å². The molecule has 1 aromatic heterocycles. The second-order valence-corrected chi connectivity index (χ2v) is 5.98. The summed E-state index contributed by atoms with van der Waals surface area (Å²) < 4.78 is 0. The van der Waals surface area contributed by atoms with Crippen LogP contribution in [-0.4, -0.2) is 55.1 Å². The van der Waals surface area contributed by atoms with E-state index in [9.17, 15) is 0 Å². The zero-order valence-corrected chi connectivity index (χ0v) is 13.1. The third-order valence-electron chi connectivity index (χ3n) is 4.08. The molecule has 2 rings (SSSR count). The van der Waals surface area contributed by atoms with Crippen molar-refractivity contribution in [1.29, 1.82) is 0 Å². The minimum atomic E-state index is 0.843. The van der Waals surface area contributed by atoms with Crippen molar-refractivity contribution in [2.75, 3.05) is 45.6 Å². The first kappa shape index (κ1) is 15.3. The molecule has 112 valence electrons. The number of nitrogens with zero attached hydrogens (tertiary/aromatic N) is 3. The van der Waals surface area contributed by atoms with Crippen molar-refractivity contribution in [2.24, 2.45) is 5.92 Å². The van der Waals surface area contributed by atoms with E-state index in [-0.39, 0.29) is 0 Å². The molecule has 1 aliphatic heterocycles. The highest BCUT2D eigenvalue weighted by Crippen LogP contribution is 2.19. The number of hydrogen-bond donors (Lipinski definition) is 1. The van der Waals surface area contributed by atoms with Gasteiger partial charge in [-0.3, -0.25) is 0 Å². The second-order valence-electron chi connectivity index (χ2n) is 5.98. The molecular formula is C16H28N4. The van der Waals surface area contributed by atoms with Crippen LogP contribution in [0.25, 0.3) is 0 Å². The Morgan fingerprint density at radius 3 is 2.85 bits per heavy atom. The Kier molecular flexibility index (Phi) is 5.80. The molecule has 1 aliphatic rings. The second kappa shape index (κ2) is 7.60. The largest absolute Gasteiger partial charge is 0.370 e. The zero-order chi connectivity index (χ0) is 14.4. The molecule has 1 fully saturated rings. The zero-order valence-electron chi connectivity index (χ0n) is 13.1. The van der Waals surface area contributed by atoms with Gasteiger partial charge in [-0.1, -0.05) is 6.07 Å². The standard InChI is InChI=1S/C16H28N4/c1-4-17-16-15(6-5-9-18-16)13-20(3)12-14-7-10-19(2)11-8-14/h5-6,9,14H,4,7-8,10-13H2,1-3H3,(H,17,18). The van der Waals surface area contributed by atoms with Gasteiger partial charge in [-0.15, -0.1) is 0 Å². The average molecular weight is 276 g/mol. The molecule has 0 aromatic carbocycles. The predicted molar refractivity (Wildman–Crippen MR) is 85.0 cm³/mol. The molecule has 4 heteroatoms. The third kappa shape index (κ3) is 4.46. The van der Waals surface area contributed by atoms with Crippen LogP contribution >= 0.6 is 0 Å². The number of rotatable bonds is 6. The molecule has 20 heavy (non-hydrogen) atoms. The Morgan fingerprint density at radius 1 is 1.40 bits per heavy atom. The molecule has 0 spiro atoms. The fraction of sp³-hybridized carbons (Fsp3) is 0.688. The maximum atomic E-state index is 4.43. The highest BCUT2D eigenvalue weighted by Gasteiger charge is 2.18. The summed E-state index contributed by atoms with van der Waals surface area (Å²) >= 11 is 0. The molecular weight excluding hydrogens is 248 g/mol. The summed E-state index contributed by atoms with van der Waals surface area (Å²) in [5.41, 5.74) is 1.30. The van der Waals surface area contributed by atoms with E-state index in [2.05, 4.69) is 47.2 Å². The van der Waals surface area contributed by atoms with E-state index in [0.717, 1.165) is 24.8 Å². The number of aromatic nitrogens is 1. The Labute approximate surface area is 123 Å². The fourth-order valence-corrected chi connectivity index (χ4v) is 2.93. The van der Waals surface area contributed by atoms with E-state index in [1.54, 1.807) is 0 Å². The third-order valence-corrected chi connectivity index (χ3v) is 4.08. The van der Waals surface area contributed by atoms with Crippen LogP contribution < -0.4 is 5.32 Å². The topological polar surface area (TPSA) is 31.4 Å². The molecule has 0 amide bonds. The van der Waals surface area contributed by atoms with E-state index in [1.807, 2.05) is 12.3 Å². The van der Waals surface area contributed by atoms with Crippen molar-refractivity contribution >= 4 is 5.82 Å². The lowest BCUT2D eigenvalue weighted by Gasteiger charge is -2.31. The van der Waals surface area contributed by atoms with Crippen molar-refractivity contribution in [3.63, 3.8) is 0 Å². The van der Waals surface area contributed by atoms with E-state index in [0.29, 0.717) is 0 Å². The fourth-order valence-electron chi connectivity index (χ4n) is 2.93. The molecule has 1 aromatic rings. The van der Waals surface area contributed by atoms with Gasteiger partial charge in [0.25, 0.3) is 0 Å². The van der Waals surface area contributed by atoms with Crippen LogP contribution in [0.3, 0.4) is 0 Å². The highest BCUT2D eigenvalue weighted by molar-refractivity contribution is 5.43. The number of nitrogens with one attached hydrogen (secondary N) is 1. The lowest BCUT2D eigenvalue weighted by molar-refractivity contribution is 0.173. The van der Waals surface area contributed by atoms with Crippen LogP contribution in [0.5, 0.6) is 0 Å². The molecule has 1 N–H and O–H groups in total. The summed E-state index contributed by atoms with van der Waals surface area (Å²) in [5, 5.41) is 3.35. The molecule has 2 heterocycles. The summed E-state index contributed by atoms with van der Waals surface area (Å²) in [6.07, 6.45) is 4.51. The molecule has 0 bridgehead atoms. The van der Waals surface area contributed by atoms with Crippen LogP contribution in [0.15, 0.2) is 18.3 Å². The van der Waals surface area contributed by atoms with E-state index < -0.39 is 0 Å². The average Bonchev–Trinajstić information content (AvgIpc) is 2.44. The smallest absolute Gasteiger partial charge is 0.130 e. The van der Waals surface area contributed by atoms with Gasteiger partial charge in [-0.05, 0) is 58.9 Å². The molecule has 0 radical (unpaired) electrons.